The maximum absolute atomic E-state index is 3.99. The van der Waals surface area contributed by atoms with Gasteiger partial charge < -0.3 is 0 Å². The van der Waals surface area contributed by atoms with Crippen molar-refractivity contribution in [2.45, 2.75) is 31.5 Å². The van der Waals surface area contributed by atoms with Gasteiger partial charge in [0.05, 0.1) is 0 Å². The predicted molar refractivity (Wildman–Crippen MR) is 54.0 cm³/mol. The molecule has 0 bridgehead atoms. The van der Waals surface area contributed by atoms with Crippen LogP contribution in [0, 0.1) is 5.92 Å². The van der Waals surface area contributed by atoms with Crippen LogP contribution in [0.15, 0.2) is 23.8 Å². The smallest absolute Gasteiger partial charge is 0.0357 e. The van der Waals surface area contributed by atoms with Crippen LogP contribution in [0.1, 0.15) is 26.7 Å². The van der Waals surface area contributed by atoms with Crippen LogP contribution in [0.4, 0.5) is 0 Å². The Morgan fingerprint density at radius 3 is 2.82 bits per heavy atom. The van der Waals surface area contributed by atoms with Crippen molar-refractivity contribution in [2.75, 3.05) is 0 Å². The summed E-state index contributed by atoms with van der Waals surface area (Å²) in [6.07, 6.45) is 4.73. The third kappa shape index (κ3) is 2.19. The molecule has 11 heavy (non-hydrogen) atoms. The van der Waals surface area contributed by atoms with E-state index in [1.807, 2.05) is 0 Å². The van der Waals surface area contributed by atoms with Gasteiger partial charge in [-0.15, -0.1) is 0 Å². The quantitative estimate of drug-likeness (QED) is 0.462. The lowest BCUT2D eigenvalue weighted by Gasteiger charge is -2.24. The number of hydrogen-bond donors (Lipinski definition) is 0. The summed E-state index contributed by atoms with van der Waals surface area (Å²) >= 11 is 3.65. The van der Waals surface area contributed by atoms with Crippen LogP contribution >= 0.6 is 15.9 Å². The van der Waals surface area contributed by atoms with Crippen molar-refractivity contribution in [2.24, 2.45) is 5.92 Å². The van der Waals surface area contributed by atoms with Crippen molar-refractivity contribution in [3.05, 3.63) is 23.8 Å². The molecule has 0 heterocycles. The number of alkyl halides is 1. The summed E-state index contributed by atoms with van der Waals surface area (Å²) in [4.78, 5) is 0.581. The molecule has 62 valence electrons. The molecule has 0 aromatic carbocycles. The molecule has 0 nitrogen and oxygen atoms in total. The Morgan fingerprint density at radius 1 is 1.73 bits per heavy atom. The molecule has 0 saturated heterocycles. The van der Waals surface area contributed by atoms with Crippen molar-refractivity contribution in [1.29, 1.82) is 0 Å². The SMILES string of the molecule is C=C(C)[C@H]1CC=C(C)[C@@H](Br)C1. The van der Waals surface area contributed by atoms with E-state index in [1.165, 1.54) is 24.0 Å². The highest BCUT2D eigenvalue weighted by atomic mass is 79.9. The highest BCUT2D eigenvalue weighted by molar-refractivity contribution is 9.09. The lowest BCUT2D eigenvalue weighted by molar-refractivity contribution is 0.552. The van der Waals surface area contributed by atoms with E-state index in [-0.39, 0.29) is 0 Å². The first-order chi connectivity index (χ1) is 5.11. The van der Waals surface area contributed by atoms with E-state index < -0.39 is 0 Å². The van der Waals surface area contributed by atoms with Gasteiger partial charge in [0.25, 0.3) is 0 Å². The van der Waals surface area contributed by atoms with Crippen LogP contribution in [0.3, 0.4) is 0 Å². The van der Waals surface area contributed by atoms with Crippen molar-refractivity contribution in [1.82, 2.24) is 0 Å². The zero-order chi connectivity index (χ0) is 8.43. The highest BCUT2D eigenvalue weighted by Crippen LogP contribution is 2.32. The molecule has 0 aromatic rings. The summed E-state index contributed by atoms with van der Waals surface area (Å²) in [7, 11) is 0. The number of rotatable bonds is 1. The Hall–Kier alpha value is -0.0400. The van der Waals surface area contributed by atoms with E-state index in [1.54, 1.807) is 0 Å². The summed E-state index contributed by atoms with van der Waals surface area (Å²) in [6, 6.07) is 0. The van der Waals surface area contributed by atoms with E-state index in [0.29, 0.717) is 10.7 Å². The molecule has 0 fully saturated rings. The minimum atomic E-state index is 0.581. The normalized spacial score (nSPS) is 31.4. The molecule has 1 aliphatic rings. The first kappa shape index (κ1) is 9.05. The van der Waals surface area contributed by atoms with Gasteiger partial charge in [-0.05, 0) is 32.6 Å². The van der Waals surface area contributed by atoms with Gasteiger partial charge >= 0.3 is 0 Å². The molecule has 0 saturated carbocycles. The summed E-state index contributed by atoms with van der Waals surface area (Å²) < 4.78 is 0. The van der Waals surface area contributed by atoms with Crippen LogP contribution < -0.4 is 0 Å². The minimum Gasteiger partial charge on any atom is -0.0998 e. The van der Waals surface area contributed by atoms with Crippen LogP contribution in [0.2, 0.25) is 0 Å². The Kier molecular flexibility index (Phi) is 2.94. The second kappa shape index (κ2) is 3.57. The monoisotopic (exact) mass is 214 g/mol. The maximum Gasteiger partial charge on any atom is 0.0357 e. The molecule has 2 atom stereocenters. The van der Waals surface area contributed by atoms with E-state index in [2.05, 4.69) is 42.4 Å². The van der Waals surface area contributed by atoms with Gasteiger partial charge in [0.15, 0.2) is 0 Å². The Balaban J connectivity index is 2.62. The third-order valence-electron chi connectivity index (χ3n) is 2.41. The van der Waals surface area contributed by atoms with Crippen LogP contribution in [-0.2, 0) is 0 Å². The van der Waals surface area contributed by atoms with E-state index >= 15 is 0 Å². The molecule has 0 aliphatic heterocycles. The molecule has 1 aliphatic carbocycles. The largest absolute Gasteiger partial charge is 0.0998 e. The van der Waals surface area contributed by atoms with E-state index in [9.17, 15) is 0 Å². The van der Waals surface area contributed by atoms with Crippen molar-refractivity contribution >= 4 is 15.9 Å². The Bertz CT molecular complexity index is 191. The first-order valence-electron chi connectivity index (χ1n) is 4.07. The molecule has 0 radical (unpaired) electrons. The second-order valence-electron chi connectivity index (χ2n) is 3.43. The van der Waals surface area contributed by atoms with Crippen molar-refractivity contribution in [3.8, 4) is 0 Å². The Morgan fingerprint density at radius 2 is 2.36 bits per heavy atom. The molecule has 0 unspecified atom stereocenters. The maximum atomic E-state index is 3.99. The van der Waals surface area contributed by atoms with Gasteiger partial charge in [0.2, 0.25) is 0 Å². The molecule has 0 aromatic heterocycles. The number of allylic oxidation sites excluding steroid dienone is 3. The number of halogens is 1. The van der Waals surface area contributed by atoms with E-state index in [0.717, 1.165) is 0 Å². The topological polar surface area (TPSA) is 0 Å². The minimum absolute atomic E-state index is 0.581. The molecular formula is C10H15Br. The summed E-state index contributed by atoms with van der Waals surface area (Å²) in [5.74, 6) is 0.697. The lowest BCUT2D eigenvalue weighted by Crippen LogP contribution is -2.14. The average molecular weight is 215 g/mol. The summed E-state index contributed by atoms with van der Waals surface area (Å²) in [5, 5.41) is 0. The van der Waals surface area contributed by atoms with Gasteiger partial charge in [0, 0.05) is 4.83 Å². The summed E-state index contributed by atoms with van der Waals surface area (Å²) in [5.41, 5.74) is 2.79. The fourth-order valence-corrected chi connectivity index (χ4v) is 2.03. The van der Waals surface area contributed by atoms with Crippen LogP contribution in [0.5, 0.6) is 0 Å². The Labute approximate surface area is 77.5 Å². The molecule has 0 N–H and O–H groups in total. The molecular weight excluding hydrogens is 200 g/mol. The second-order valence-corrected chi connectivity index (χ2v) is 4.54. The standard InChI is InChI=1S/C10H15Br/c1-7(2)9-5-4-8(3)10(11)6-9/h4,9-10H,1,5-6H2,2-3H3/t9-,10-/m0/s1. The number of hydrogen-bond acceptors (Lipinski definition) is 0. The van der Waals surface area contributed by atoms with Gasteiger partial charge in [-0.1, -0.05) is 39.7 Å². The van der Waals surface area contributed by atoms with E-state index in [4.69, 9.17) is 0 Å². The molecule has 1 heteroatoms. The third-order valence-corrected chi connectivity index (χ3v) is 3.50. The first-order valence-corrected chi connectivity index (χ1v) is 4.99. The fourth-order valence-electron chi connectivity index (χ4n) is 1.39. The van der Waals surface area contributed by atoms with Crippen molar-refractivity contribution < 1.29 is 0 Å². The lowest BCUT2D eigenvalue weighted by atomic mass is 9.86. The van der Waals surface area contributed by atoms with Gasteiger partial charge in [0.1, 0.15) is 0 Å². The van der Waals surface area contributed by atoms with Gasteiger partial charge in [-0.3, -0.25) is 0 Å². The zero-order valence-electron chi connectivity index (χ0n) is 7.23. The molecule has 1 rings (SSSR count). The van der Waals surface area contributed by atoms with Gasteiger partial charge in [-0.25, -0.2) is 0 Å². The molecule has 0 amide bonds. The van der Waals surface area contributed by atoms with Crippen molar-refractivity contribution in [3.63, 3.8) is 0 Å². The van der Waals surface area contributed by atoms with Gasteiger partial charge in [-0.2, -0.15) is 0 Å². The molecule has 0 spiro atoms. The van der Waals surface area contributed by atoms with Crippen LogP contribution in [-0.4, -0.2) is 4.83 Å². The summed E-state index contributed by atoms with van der Waals surface area (Å²) in [6.45, 7) is 8.30. The predicted octanol–water partition coefficient (Wildman–Crippen LogP) is 3.68. The van der Waals surface area contributed by atoms with Crippen LogP contribution in [0.25, 0.3) is 0 Å². The average Bonchev–Trinajstić information content (AvgIpc) is 1.94. The zero-order valence-corrected chi connectivity index (χ0v) is 8.82. The fraction of sp³-hybridized carbons (Fsp3) is 0.600. The highest BCUT2D eigenvalue weighted by Gasteiger charge is 2.19.